The van der Waals surface area contributed by atoms with E-state index in [4.69, 9.17) is 0 Å². The second-order valence-corrected chi connectivity index (χ2v) is 8.17. The normalized spacial score (nSPS) is 20.9. The van der Waals surface area contributed by atoms with E-state index in [1.165, 1.54) is 6.07 Å². The Morgan fingerprint density at radius 1 is 1.43 bits per heavy atom. The van der Waals surface area contributed by atoms with E-state index in [1.807, 2.05) is 0 Å². The van der Waals surface area contributed by atoms with Crippen LogP contribution in [-0.2, 0) is 16.4 Å². The number of sulfone groups is 1. The molecule has 8 heteroatoms. The molecule has 0 amide bonds. The van der Waals surface area contributed by atoms with Gasteiger partial charge in [-0.1, -0.05) is 15.9 Å². The molecule has 1 saturated heterocycles. The molecule has 0 aliphatic carbocycles. The Kier molecular flexibility index (Phi) is 5.56. The number of rotatable bonds is 6. The smallest absolute Gasteiger partial charge is 0.387 e. The molecule has 1 unspecified atom stereocenters. The van der Waals surface area contributed by atoms with Gasteiger partial charge in [-0.3, -0.25) is 0 Å². The van der Waals surface area contributed by atoms with Crippen LogP contribution < -0.4 is 10.1 Å². The van der Waals surface area contributed by atoms with Gasteiger partial charge in [-0.15, -0.1) is 0 Å². The Morgan fingerprint density at radius 2 is 2.19 bits per heavy atom. The molecule has 1 fully saturated rings. The molecule has 0 aromatic heterocycles. The molecule has 1 aliphatic rings. The third-order valence-electron chi connectivity index (χ3n) is 3.31. The first kappa shape index (κ1) is 16.6. The van der Waals surface area contributed by atoms with Crippen molar-refractivity contribution in [3.05, 3.63) is 28.2 Å². The van der Waals surface area contributed by atoms with Gasteiger partial charge in [0.2, 0.25) is 0 Å². The number of hydrogen-bond donors (Lipinski definition) is 1. The number of alkyl halides is 2. The molecule has 118 valence electrons. The van der Waals surface area contributed by atoms with Crippen molar-refractivity contribution in [1.29, 1.82) is 0 Å². The maximum absolute atomic E-state index is 12.3. The molecule has 0 spiro atoms. The van der Waals surface area contributed by atoms with Crippen LogP contribution in [-0.4, -0.2) is 33.1 Å². The second-order valence-electron chi connectivity index (χ2n) is 5.03. The minimum Gasteiger partial charge on any atom is -0.434 e. The molecule has 1 atom stereocenters. The topological polar surface area (TPSA) is 55.4 Å². The lowest BCUT2D eigenvalue weighted by atomic mass is 10.1. The molecule has 1 N–H and O–H groups in total. The van der Waals surface area contributed by atoms with Crippen molar-refractivity contribution in [2.45, 2.75) is 19.6 Å². The van der Waals surface area contributed by atoms with E-state index in [2.05, 4.69) is 26.0 Å². The van der Waals surface area contributed by atoms with Crippen molar-refractivity contribution in [3.63, 3.8) is 0 Å². The van der Waals surface area contributed by atoms with Crippen molar-refractivity contribution >= 4 is 25.8 Å². The highest BCUT2D eigenvalue weighted by Gasteiger charge is 2.27. The van der Waals surface area contributed by atoms with Gasteiger partial charge in [0.05, 0.1) is 11.5 Å². The van der Waals surface area contributed by atoms with Crippen LogP contribution in [0, 0.1) is 5.92 Å². The first-order valence-corrected chi connectivity index (χ1v) is 9.11. The van der Waals surface area contributed by atoms with Crippen molar-refractivity contribution in [1.82, 2.24) is 5.32 Å². The second kappa shape index (κ2) is 7.02. The summed E-state index contributed by atoms with van der Waals surface area (Å²) in [5.74, 6) is 0.635. The number of nitrogens with one attached hydrogen (secondary N) is 1. The van der Waals surface area contributed by atoms with Crippen molar-refractivity contribution in [2.24, 2.45) is 5.92 Å². The first-order valence-electron chi connectivity index (χ1n) is 6.50. The highest BCUT2D eigenvalue weighted by molar-refractivity contribution is 9.10. The van der Waals surface area contributed by atoms with Crippen LogP contribution in [0.25, 0.3) is 0 Å². The summed E-state index contributed by atoms with van der Waals surface area (Å²) in [5, 5.41) is 3.11. The van der Waals surface area contributed by atoms with Gasteiger partial charge in [0, 0.05) is 16.6 Å². The van der Waals surface area contributed by atoms with Gasteiger partial charge in [-0.25, -0.2) is 8.42 Å². The molecule has 1 aromatic carbocycles. The molecule has 21 heavy (non-hydrogen) atoms. The van der Waals surface area contributed by atoms with Crippen LogP contribution in [0.4, 0.5) is 8.78 Å². The quantitative estimate of drug-likeness (QED) is 0.819. The Labute approximate surface area is 130 Å². The molecule has 0 saturated carbocycles. The maximum Gasteiger partial charge on any atom is 0.387 e. The monoisotopic (exact) mass is 383 g/mol. The lowest BCUT2D eigenvalue weighted by Gasteiger charge is -2.13. The summed E-state index contributed by atoms with van der Waals surface area (Å²) >= 11 is 3.29. The van der Waals surface area contributed by atoms with Crippen molar-refractivity contribution in [3.8, 4) is 5.75 Å². The van der Waals surface area contributed by atoms with Crippen LogP contribution >= 0.6 is 15.9 Å². The predicted molar refractivity (Wildman–Crippen MR) is 79.2 cm³/mol. The average Bonchev–Trinajstić information content (AvgIpc) is 2.72. The van der Waals surface area contributed by atoms with Crippen LogP contribution in [0.5, 0.6) is 5.75 Å². The first-order chi connectivity index (χ1) is 9.85. The highest BCUT2D eigenvalue weighted by atomic mass is 79.9. The van der Waals surface area contributed by atoms with Crippen LogP contribution in [0.15, 0.2) is 22.7 Å². The summed E-state index contributed by atoms with van der Waals surface area (Å²) in [6, 6.07) is 4.81. The third kappa shape index (κ3) is 5.19. The molecule has 1 heterocycles. The lowest BCUT2D eigenvalue weighted by molar-refractivity contribution is -0.0505. The van der Waals surface area contributed by atoms with Crippen LogP contribution in [0.3, 0.4) is 0 Å². The summed E-state index contributed by atoms with van der Waals surface area (Å²) in [6.45, 7) is -1.98. The van der Waals surface area contributed by atoms with Crippen molar-refractivity contribution in [2.75, 3.05) is 18.1 Å². The van der Waals surface area contributed by atoms with Gasteiger partial charge >= 0.3 is 6.61 Å². The summed E-state index contributed by atoms with van der Waals surface area (Å²) in [6.07, 6.45) is 0.647. The van der Waals surface area contributed by atoms with Gasteiger partial charge in [-0.05, 0) is 37.1 Å². The maximum atomic E-state index is 12.3. The molecular weight excluding hydrogens is 368 g/mol. The molecular formula is C13H16BrF2NO3S. The number of ether oxygens (including phenoxy) is 1. The molecule has 1 aliphatic heterocycles. The Hall–Kier alpha value is -0.730. The largest absolute Gasteiger partial charge is 0.434 e. The fourth-order valence-electron chi connectivity index (χ4n) is 2.34. The Balaban J connectivity index is 1.92. The Bertz CT molecular complexity index is 595. The summed E-state index contributed by atoms with van der Waals surface area (Å²) in [4.78, 5) is 0. The number of benzene rings is 1. The lowest BCUT2D eigenvalue weighted by Crippen LogP contribution is -2.23. The van der Waals surface area contributed by atoms with E-state index in [-0.39, 0.29) is 23.2 Å². The molecule has 0 bridgehead atoms. The summed E-state index contributed by atoms with van der Waals surface area (Å²) in [7, 11) is -2.89. The van der Waals surface area contributed by atoms with Gasteiger partial charge in [0.15, 0.2) is 9.84 Å². The van der Waals surface area contributed by atoms with Gasteiger partial charge < -0.3 is 10.1 Å². The van der Waals surface area contributed by atoms with E-state index >= 15 is 0 Å². The number of hydrogen-bond acceptors (Lipinski definition) is 4. The average molecular weight is 384 g/mol. The van der Waals surface area contributed by atoms with Crippen LogP contribution in [0.1, 0.15) is 12.0 Å². The number of halogens is 3. The molecule has 0 radical (unpaired) electrons. The zero-order valence-electron chi connectivity index (χ0n) is 11.2. The molecule has 1 aromatic rings. The van der Waals surface area contributed by atoms with E-state index in [0.29, 0.717) is 25.1 Å². The van der Waals surface area contributed by atoms with Gasteiger partial charge in [-0.2, -0.15) is 8.78 Å². The summed E-state index contributed by atoms with van der Waals surface area (Å²) in [5.41, 5.74) is 0.602. The minimum atomic E-state index is -2.89. The fraction of sp³-hybridized carbons (Fsp3) is 0.538. The zero-order valence-corrected chi connectivity index (χ0v) is 13.6. The zero-order chi connectivity index (χ0) is 15.5. The molecule has 4 nitrogen and oxygen atoms in total. The predicted octanol–water partition coefficient (Wildman–Crippen LogP) is 2.57. The SMILES string of the molecule is O=S1(=O)CCC(CNCc2cc(Br)ccc2OC(F)F)C1. The Morgan fingerprint density at radius 3 is 2.81 bits per heavy atom. The summed E-state index contributed by atoms with van der Waals surface area (Å²) < 4.78 is 52.6. The van der Waals surface area contributed by atoms with Crippen LogP contribution in [0.2, 0.25) is 0 Å². The van der Waals surface area contributed by atoms with Crippen molar-refractivity contribution < 1.29 is 21.9 Å². The fourth-order valence-corrected chi connectivity index (χ4v) is 4.61. The van der Waals surface area contributed by atoms with E-state index in [1.54, 1.807) is 12.1 Å². The standard InChI is InChI=1S/C13H16BrF2NO3S/c14-11-1-2-12(20-13(15)16)10(5-11)7-17-6-9-3-4-21(18,19)8-9/h1-2,5,9,13,17H,3-4,6-8H2. The van der Waals surface area contributed by atoms with E-state index in [9.17, 15) is 17.2 Å². The highest BCUT2D eigenvalue weighted by Crippen LogP contribution is 2.25. The van der Waals surface area contributed by atoms with E-state index in [0.717, 1.165) is 4.47 Å². The van der Waals surface area contributed by atoms with E-state index < -0.39 is 16.4 Å². The van der Waals surface area contributed by atoms with Gasteiger partial charge in [0.25, 0.3) is 0 Å². The third-order valence-corrected chi connectivity index (χ3v) is 5.64. The van der Waals surface area contributed by atoms with Gasteiger partial charge in [0.1, 0.15) is 5.75 Å². The minimum absolute atomic E-state index is 0.0848. The molecule has 2 rings (SSSR count).